The Morgan fingerprint density at radius 3 is 1.65 bits per heavy atom. The van der Waals surface area contributed by atoms with Crippen molar-refractivity contribution in [3.8, 4) is 5.75 Å². The molecule has 0 N–H and O–H groups in total. The van der Waals surface area contributed by atoms with E-state index in [1.807, 2.05) is 0 Å². The summed E-state index contributed by atoms with van der Waals surface area (Å²) in [5, 5.41) is -0.663. The number of nitrogens with zero attached hydrogens (tertiary/aromatic N) is 3. The van der Waals surface area contributed by atoms with E-state index in [4.69, 9.17) is 0 Å². The Hall–Kier alpha value is -4.63. The zero-order valence-corrected chi connectivity index (χ0v) is 27.5. The van der Waals surface area contributed by atoms with Gasteiger partial charge < -0.3 is 8.92 Å². The second-order valence-electron chi connectivity index (χ2n) is 10.3. The number of halogens is 17. The molecule has 9 nitrogen and oxygen atoms in total. The van der Waals surface area contributed by atoms with Crippen molar-refractivity contribution in [2.45, 2.75) is 47.0 Å². The van der Waals surface area contributed by atoms with Crippen molar-refractivity contribution in [1.29, 1.82) is 0 Å². The molecule has 1 fully saturated rings. The van der Waals surface area contributed by atoms with Crippen molar-refractivity contribution in [2.24, 2.45) is 10.2 Å². The molecule has 0 spiro atoms. The maximum atomic E-state index is 14.4. The zero-order valence-electron chi connectivity index (χ0n) is 25.9. The summed E-state index contributed by atoms with van der Waals surface area (Å²) in [6.45, 7) is 0. The molecule has 1 aliphatic rings. The predicted octanol–water partition coefficient (Wildman–Crippen LogP) is 7.89. The molecule has 55 heavy (non-hydrogen) atoms. The number of rotatable bonds is 13. The topological polar surface area (TPSA) is 115 Å². The molecule has 0 radical (unpaired) electrons. The van der Waals surface area contributed by atoms with Gasteiger partial charge >= 0.3 is 63.1 Å². The number of para-hydroxylation sites is 1. The fraction of sp³-hybridized carbons (Fsp3) is 0.333. The molecule has 2 aromatic carbocycles. The van der Waals surface area contributed by atoms with E-state index >= 15 is 0 Å². The highest BCUT2D eigenvalue weighted by Gasteiger charge is 2.96. The summed E-state index contributed by atoms with van der Waals surface area (Å²) >= 11 is 0.617. The molecule has 1 aliphatic heterocycles. The van der Waals surface area contributed by atoms with Gasteiger partial charge in [-0.05, 0) is 53.7 Å². The second kappa shape index (κ2) is 14.5. The third-order valence-corrected chi connectivity index (χ3v) is 8.97. The molecule has 3 rings (SSSR count). The quantitative estimate of drug-likeness (QED) is 0.0503. The van der Waals surface area contributed by atoms with Crippen molar-refractivity contribution in [3.05, 3.63) is 71.1 Å². The van der Waals surface area contributed by atoms with Gasteiger partial charge in [-0.2, -0.15) is 88.2 Å². The molecule has 1 amide bonds. The fourth-order valence-corrected chi connectivity index (χ4v) is 5.56. The van der Waals surface area contributed by atoms with E-state index in [2.05, 4.69) is 19.1 Å². The molecule has 1 saturated heterocycles. The van der Waals surface area contributed by atoms with Crippen LogP contribution in [0.25, 0.3) is 0 Å². The molecule has 0 saturated carbocycles. The first-order valence-electron chi connectivity index (χ1n) is 13.5. The van der Waals surface area contributed by atoms with Gasteiger partial charge in [0.2, 0.25) is 5.17 Å². The number of anilines is 1. The lowest BCUT2D eigenvalue weighted by Gasteiger charge is -2.42. The summed E-state index contributed by atoms with van der Waals surface area (Å²) in [6.07, 6.45) is -6.34. The average molecular weight is 864 g/mol. The highest BCUT2D eigenvalue weighted by Crippen LogP contribution is 2.64. The summed E-state index contributed by atoms with van der Waals surface area (Å²) < 4.78 is 262. The molecule has 0 bridgehead atoms. The number of thioether (sulfide) groups is 1. The van der Waals surface area contributed by atoms with Gasteiger partial charge in [-0.1, -0.05) is 18.2 Å². The molecule has 0 aromatic heterocycles. The molecule has 0 atom stereocenters. The summed E-state index contributed by atoms with van der Waals surface area (Å²) in [6, 6.07) is 9.33. The first-order valence-corrected chi connectivity index (χ1v) is 15.7. The monoisotopic (exact) mass is 863 g/mol. The van der Waals surface area contributed by atoms with E-state index in [1.54, 1.807) is 6.07 Å². The third kappa shape index (κ3) is 7.40. The van der Waals surface area contributed by atoms with Crippen LogP contribution in [0.15, 0.2) is 75.8 Å². The predicted molar refractivity (Wildman–Crippen MR) is 153 cm³/mol. The lowest BCUT2D eigenvalue weighted by molar-refractivity contribution is -0.458. The number of carbonyl (C=O) groups excluding carboxylic acids is 2. The number of benzene rings is 2. The number of ether oxygens (including phenoxy) is 1. The Morgan fingerprint density at radius 2 is 1.18 bits per heavy atom. The van der Waals surface area contributed by atoms with E-state index < -0.39 is 74.7 Å². The van der Waals surface area contributed by atoms with Gasteiger partial charge in [0.05, 0.1) is 23.9 Å². The van der Waals surface area contributed by atoms with Crippen molar-refractivity contribution in [3.63, 3.8) is 0 Å². The summed E-state index contributed by atoms with van der Waals surface area (Å²) in [5.41, 5.74) is 0.00512. The standard InChI is InChI=1S/C27H14F17N3O6S2/c1-52-17(48)11-16-18(49)47(14-5-3-2-4-6-14)19(54-16)46-45-12-13-7-9-15(10-8-13)53-55(50,51)27(43,44)25(38,39)23(34,35)21(30,31)20(28,29)22(32,33)24(36,37)26(40,41)42/h2-12H,1H3/b16-11-,45-12+,46-19-. The Bertz CT molecular complexity index is 1990. The fourth-order valence-electron chi connectivity index (χ4n) is 3.75. The largest absolute Gasteiger partial charge is 0.466 e. The Kier molecular flexibility index (Phi) is 11.8. The number of amidine groups is 1. The van der Waals surface area contributed by atoms with Gasteiger partial charge in [0.25, 0.3) is 5.91 Å². The van der Waals surface area contributed by atoms with Crippen LogP contribution in [0.2, 0.25) is 0 Å². The zero-order chi connectivity index (χ0) is 42.4. The van der Waals surface area contributed by atoms with Crippen LogP contribution in [0.3, 0.4) is 0 Å². The summed E-state index contributed by atoms with van der Waals surface area (Å²) in [5.74, 6) is -55.7. The normalized spacial score (nSPS) is 17.4. The molecule has 2 aromatic rings. The number of alkyl halides is 17. The van der Waals surface area contributed by atoms with Crippen molar-refractivity contribution in [2.75, 3.05) is 12.0 Å². The van der Waals surface area contributed by atoms with Crippen LogP contribution >= 0.6 is 11.8 Å². The second-order valence-corrected chi connectivity index (χ2v) is 12.9. The van der Waals surface area contributed by atoms with Crippen LogP contribution in [0.4, 0.5) is 80.3 Å². The van der Waals surface area contributed by atoms with Gasteiger partial charge in [-0.3, -0.25) is 9.69 Å². The number of amides is 1. The number of esters is 1. The van der Waals surface area contributed by atoms with Crippen LogP contribution in [-0.4, -0.2) is 85.8 Å². The minimum Gasteiger partial charge on any atom is -0.466 e. The first-order chi connectivity index (χ1) is 24.8. The van der Waals surface area contributed by atoms with Gasteiger partial charge in [-0.15, -0.1) is 5.10 Å². The van der Waals surface area contributed by atoms with E-state index in [0.29, 0.717) is 23.9 Å². The van der Waals surface area contributed by atoms with E-state index in [1.165, 1.54) is 24.3 Å². The lowest BCUT2D eigenvalue weighted by Crippen LogP contribution is -2.75. The Morgan fingerprint density at radius 1 is 0.709 bits per heavy atom. The Labute approximate surface area is 298 Å². The number of hydrogen-bond donors (Lipinski definition) is 0. The van der Waals surface area contributed by atoms with Crippen molar-refractivity contribution >= 4 is 50.8 Å². The van der Waals surface area contributed by atoms with Crippen LogP contribution in [0.5, 0.6) is 5.75 Å². The first kappa shape index (κ1) is 44.8. The molecular weight excluding hydrogens is 849 g/mol. The van der Waals surface area contributed by atoms with E-state index in [0.717, 1.165) is 24.3 Å². The molecule has 0 aliphatic carbocycles. The molecule has 304 valence electrons. The molecule has 0 unspecified atom stereocenters. The van der Waals surface area contributed by atoms with Crippen LogP contribution in [-0.2, 0) is 24.4 Å². The van der Waals surface area contributed by atoms with Crippen molar-refractivity contribution < 1.29 is 102 Å². The van der Waals surface area contributed by atoms with Gasteiger partial charge in [0.1, 0.15) is 5.75 Å². The summed E-state index contributed by atoms with van der Waals surface area (Å²) in [4.78, 5) is 25.3. The summed E-state index contributed by atoms with van der Waals surface area (Å²) in [7, 11) is -6.82. The highest BCUT2D eigenvalue weighted by molar-refractivity contribution is 8.19. The SMILES string of the molecule is COC(=O)/C=C1\S/C(=N\N=C\c2ccc(OS(=O)(=O)C(F)(F)C(F)(F)C(F)(F)C(F)(F)C(F)(F)C(F)(F)C(F)(F)C(F)(F)F)cc2)N(c2ccccc2)C1=O. The molecular formula is C27H14F17N3O6S2. The van der Waals surface area contributed by atoms with E-state index in [9.17, 15) is 92.6 Å². The smallest absolute Gasteiger partial charge is 0.460 e. The van der Waals surface area contributed by atoms with Crippen LogP contribution in [0, 0.1) is 0 Å². The number of hydrogen-bond acceptors (Lipinski definition) is 9. The minimum absolute atomic E-state index is 0.185. The third-order valence-electron chi connectivity index (χ3n) is 6.71. The Balaban J connectivity index is 1.90. The van der Waals surface area contributed by atoms with Crippen molar-refractivity contribution in [1.82, 2.24) is 0 Å². The highest BCUT2D eigenvalue weighted by atomic mass is 32.2. The van der Waals surface area contributed by atoms with Gasteiger partial charge in [0, 0.05) is 6.08 Å². The number of carbonyl (C=O) groups is 2. The lowest BCUT2D eigenvalue weighted by atomic mass is 9.91. The van der Waals surface area contributed by atoms with Gasteiger partial charge in [0.15, 0.2) is 0 Å². The van der Waals surface area contributed by atoms with E-state index in [-0.39, 0.29) is 33.5 Å². The molecule has 1 heterocycles. The minimum atomic E-state index is -8.98. The van der Waals surface area contributed by atoms with Crippen LogP contribution in [0.1, 0.15) is 5.56 Å². The van der Waals surface area contributed by atoms with Crippen LogP contribution < -0.4 is 9.08 Å². The average Bonchev–Trinajstić information content (AvgIpc) is 3.38. The van der Waals surface area contributed by atoms with Gasteiger partial charge in [-0.25, -0.2) is 4.79 Å². The maximum Gasteiger partial charge on any atom is 0.460 e. The molecule has 28 heteroatoms. The number of methoxy groups -OCH3 is 1. The maximum absolute atomic E-state index is 14.4.